The van der Waals surface area contributed by atoms with Crippen LogP contribution >= 0.6 is 11.3 Å². The minimum Gasteiger partial charge on any atom is -0.485 e. The van der Waals surface area contributed by atoms with E-state index in [4.69, 9.17) is 14.6 Å². The molecule has 2 aliphatic heterocycles. The first kappa shape index (κ1) is 18.6. The van der Waals surface area contributed by atoms with Crippen LogP contribution in [0.25, 0.3) is 4.96 Å². The molecule has 158 valence electrons. The number of benzene rings is 2. The second kappa shape index (κ2) is 7.82. The van der Waals surface area contributed by atoms with E-state index in [1.807, 2.05) is 28.8 Å². The molecule has 1 atom stereocenters. The fraction of sp³-hybridized carbons (Fsp3) is 0.318. The normalized spacial score (nSPS) is 19.1. The van der Waals surface area contributed by atoms with E-state index in [9.17, 15) is 0 Å². The smallest absolute Gasteiger partial charge is 0.234 e. The number of ether oxygens (including phenoxy) is 2. The molecular formula is C22H22N6O2S. The van der Waals surface area contributed by atoms with Gasteiger partial charge < -0.3 is 14.4 Å². The van der Waals surface area contributed by atoms with Gasteiger partial charge in [0.05, 0.1) is 6.54 Å². The Labute approximate surface area is 183 Å². The van der Waals surface area contributed by atoms with E-state index >= 15 is 0 Å². The summed E-state index contributed by atoms with van der Waals surface area (Å²) >= 11 is 1.51. The Morgan fingerprint density at radius 2 is 1.68 bits per heavy atom. The summed E-state index contributed by atoms with van der Waals surface area (Å²) < 4.78 is 13.8. The molecule has 4 heterocycles. The second-order valence-corrected chi connectivity index (χ2v) is 8.70. The molecule has 0 aliphatic carbocycles. The standard InChI is InChI=1S/C22H22N6O2S/c1-2-6-16(7-3-1)27-12-10-26(11-13-27)14-20-23-24-22-28(20)25-21(31-22)19-15-29-17-8-4-5-9-18(17)30-19/h1-9,19H,10-15H2. The summed E-state index contributed by atoms with van der Waals surface area (Å²) in [6, 6.07) is 18.3. The molecule has 0 spiro atoms. The average Bonchev–Trinajstić information content (AvgIpc) is 3.42. The molecule has 8 nitrogen and oxygen atoms in total. The van der Waals surface area contributed by atoms with Gasteiger partial charge in [-0.2, -0.15) is 9.61 Å². The minimum atomic E-state index is -0.233. The predicted octanol–water partition coefficient (Wildman–Crippen LogP) is 3.02. The largest absolute Gasteiger partial charge is 0.485 e. The molecule has 1 unspecified atom stereocenters. The Bertz CT molecular complexity index is 1190. The quantitative estimate of drug-likeness (QED) is 0.489. The number of hydrogen-bond acceptors (Lipinski definition) is 8. The maximum Gasteiger partial charge on any atom is 0.234 e. The molecule has 2 aromatic carbocycles. The van der Waals surface area contributed by atoms with Crippen LogP contribution in [0.5, 0.6) is 11.5 Å². The maximum absolute atomic E-state index is 6.11. The van der Waals surface area contributed by atoms with Crippen LogP contribution in [-0.4, -0.2) is 57.5 Å². The molecule has 0 bridgehead atoms. The maximum atomic E-state index is 6.11. The van der Waals surface area contributed by atoms with Gasteiger partial charge in [0.15, 0.2) is 28.4 Å². The van der Waals surface area contributed by atoms with Crippen molar-refractivity contribution in [2.75, 3.05) is 37.7 Å². The number of aromatic nitrogens is 4. The van der Waals surface area contributed by atoms with Gasteiger partial charge in [0.25, 0.3) is 0 Å². The van der Waals surface area contributed by atoms with Crippen molar-refractivity contribution in [1.29, 1.82) is 0 Å². The average molecular weight is 435 g/mol. The lowest BCUT2D eigenvalue weighted by molar-refractivity contribution is 0.0903. The van der Waals surface area contributed by atoms with E-state index in [-0.39, 0.29) is 6.10 Å². The molecular weight excluding hydrogens is 412 g/mol. The third-order valence-corrected chi connectivity index (χ3v) is 6.70. The number of nitrogens with zero attached hydrogens (tertiary/aromatic N) is 6. The van der Waals surface area contributed by atoms with Crippen LogP contribution < -0.4 is 14.4 Å². The van der Waals surface area contributed by atoms with E-state index in [2.05, 4.69) is 50.3 Å². The van der Waals surface area contributed by atoms with Gasteiger partial charge in [-0.1, -0.05) is 41.7 Å². The Hall–Kier alpha value is -3.17. The molecule has 4 aromatic rings. The highest BCUT2D eigenvalue weighted by Gasteiger charge is 2.27. The number of anilines is 1. The number of para-hydroxylation sites is 3. The zero-order chi connectivity index (χ0) is 20.6. The Morgan fingerprint density at radius 3 is 2.52 bits per heavy atom. The summed E-state index contributed by atoms with van der Waals surface area (Å²) in [5, 5.41) is 14.3. The van der Waals surface area contributed by atoms with Crippen LogP contribution in [0.3, 0.4) is 0 Å². The number of fused-ring (bicyclic) bond motifs is 2. The fourth-order valence-corrected chi connectivity index (χ4v) is 4.92. The minimum absolute atomic E-state index is 0.233. The third-order valence-electron chi connectivity index (χ3n) is 5.71. The van der Waals surface area contributed by atoms with Crippen molar-refractivity contribution >= 4 is 22.0 Å². The van der Waals surface area contributed by atoms with Crippen molar-refractivity contribution in [2.24, 2.45) is 0 Å². The first-order valence-electron chi connectivity index (χ1n) is 10.5. The van der Waals surface area contributed by atoms with Gasteiger partial charge in [0, 0.05) is 31.9 Å². The first-order chi connectivity index (χ1) is 15.3. The highest BCUT2D eigenvalue weighted by molar-refractivity contribution is 7.16. The summed E-state index contributed by atoms with van der Waals surface area (Å²) in [6.07, 6.45) is -0.233. The van der Waals surface area contributed by atoms with Crippen LogP contribution in [0.2, 0.25) is 0 Å². The molecule has 31 heavy (non-hydrogen) atoms. The lowest BCUT2D eigenvalue weighted by atomic mass is 10.2. The zero-order valence-electron chi connectivity index (χ0n) is 16.9. The SMILES string of the molecule is c1ccc(N2CCN(Cc3nnc4sc(C5COc6ccccc6O5)nn34)CC2)cc1. The summed E-state index contributed by atoms with van der Waals surface area (Å²) in [6.45, 7) is 5.14. The van der Waals surface area contributed by atoms with Gasteiger partial charge in [-0.05, 0) is 24.3 Å². The van der Waals surface area contributed by atoms with Gasteiger partial charge in [-0.15, -0.1) is 10.2 Å². The summed E-state index contributed by atoms with van der Waals surface area (Å²) in [5.74, 6) is 2.39. The summed E-state index contributed by atoms with van der Waals surface area (Å²) in [5.41, 5.74) is 1.28. The van der Waals surface area contributed by atoms with Gasteiger partial charge in [0.1, 0.15) is 6.61 Å². The highest BCUT2D eigenvalue weighted by atomic mass is 32.1. The van der Waals surface area contributed by atoms with Crippen LogP contribution in [0.15, 0.2) is 54.6 Å². The topological polar surface area (TPSA) is 68.0 Å². The van der Waals surface area contributed by atoms with E-state index in [0.717, 1.165) is 60.0 Å². The number of piperazine rings is 1. The molecule has 0 radical (unpaired) electrons. The predicted molar refractivity (Wildman–Crippen MR) is 118 cm³/mol. The highest BCUT2D eigenvalue weighted by Crippen LogP contribution is 2.36. The van der Waals surface area contributed by atoms with Gasteiger partial charge in [-0.3, -0.25) is 4.90 Å². The van der Waals surface area contributed by atoms with Gasteiger partial charge in [0.2, 0.25) is 4.96 Å². The number of rotatable bonds is 4. The molecule has 6 rings (SSSR count). The molecule has 9 heteroatoms. The Morgan fingerprint density at radius 1 is 0.903 bits per heavy atom. The van der Waals surface area contributed by atoms with Crippen LogP contribution in [-0.2, 0) is 6.54 Å². The van der Waals surface area contributed by atoms with Crippen molar-refractivity contribution in [2.45, 2.75) is 12.6 Å². The summed E-state index contributed by atoms with van der Waals surface area (Å²) in [7, 11) is 0. The monoisotopic (exact) mass is 434 g/mol. The van der Waals surface area contributed by atoms with Crippen LogP contribution in [0.1, 0.15) is 16.9 Å². The van der Waals surface area contributed by atoms with E-state index in [1.165, 1.54) is 17.0 Å². The van der Waals surface area contributed by atoms with E-state index in [0.29, 0.717) is 6.61 Å². The molecule has 0 saturated carbocycles. The molecule has 1 fully saturated rings. The van der Waals surface area contributed by atoms with Crippen molar-refractivity contribution in [3.05, 3.63) is 65.4 Å². The van der Waals surface area contributed by atoms with Crippen molar-refractivity contribution in [3.63, 3.8) is 0 Å². The molecule has 1 saturated heterocycles. The fourth-order valence-electron chi connectivity index (χ4n) is 4.05. The second-order valence-electron chi connectivity index (χ2n) is 7.71. The molecule has 2 aliphatic rings. The number of hydrogen-bond donors (Lipinski definition) is 0. The Kier molecular flexibility index (Phi) is 4.69. The van der Waals surface area contributed by atoms with Crippen molar-refractivity contribution < 1.29 is 9.47 Å². The molecule has 0 amide bonds. The van der Waals surface area contributed by atoms with Gasteiger partial charge >= 0.3 is 0 Å². The Balaban J connectivity index is 1.14. The molecule has 2 aromatic heterocycles. The van der Waals surface area contributed by atoms with E-state index in [1.54, 1.807) is 0 Å². The van der Waals surface area contributed by atoms with Crippen LogP contribution in [0.4, 0.5) is 5.69 Å². The van der Waals surface area contributed by atoms with Gasteiger partial charge in [-0.25, -0.2) is 0 Å². The third kappa shape index (κ3) is 3.60. The first-order valence-corrected chi connectivity index (χ1v) is 11.3. The van der Waals surface area contributed by atoms with Crippen LogP contribution in [0, 0.1) is 0 Å². The summed E-state index contributed by atoms with van der Waals surface area (Å²) in [4.78, 5) is 5.62. The molecule has 0 N–H and O–H groups in total. The van der Waals surface area contributed by atoms with Crippen molar-refractivity contribution in [3.8, 4) is 11.5 Å². The van der Waals surface area contributed by atoms with Crippen molar-refractivity contribution in [1.82, 2.24) is 24.7 Å². The van der Waals surface area contributed by atoms with E-state index < -0.39 is 0 Å². The zero-order valence-corrected chi connectivity index (χ0v) is 17.7. The lowest BCUT2D eigenvalue weighted by Gasteiger charge is -2.35. The lowest BCUT2D eigenvalue weighted by Crippen LogP contribution is -2.46.